The summed E-state index contributed by atoms with van der Waals surface area (Å²) in [5, 5.41) is 9.30. The minimum absolute atomic E-state index is 0.134. The Hall–Kier alpha value is -1.09. The lowest BCUT2D eigenvalue weighted by Crippen LogP contribution is -2.17. The number of hydrogen-bond donors (Lipinski definition) is 1. The molecule has 0 radical (unpaired) electrons. The summed E-state index contributed by atoms with van der Waals surface area (Å²) in [4.78, 5) is 11.4. The quantitative estimate of drug-likeness (QED) is 0.237. The maximum Gasteiger partial charge on any atom is 0.305 e. The second-order valence-corrected chi connectivity index (χ2v) is 6.10. The van der Waals surface area contributed by atoms with Crippen LogP contribution < -0.4 is 0 Å². The number of allylic oxidation sites excluding steroid dienone is 3. The Morgan fingerprint density at radius 2 is 1.57 bits per heavy atom. The molecule has 0 aliphatic carbocycles. The molecule has 0 aliphatic heterocycles. The van der Waals surface area contributed by atoms with E-state index in [2.05, 4.69) is 18.7 Å². The average molecular weight is 325 g/mol. The van der Waals surface area contributed by atoms with Crippen LogP contribution in [0.15, 0.2) is 24.8 Å². The van der Waals surface area contributed by atoms with Crippen molar-refractivity contribution in [3.05, 3.63) is 24.8 Å². The molecular formula is C20H36O3. The topological polar surface area (TPSA) is 46.5 Å². The summed E-state index contributed by atoms with van der Waals surface area (Å²) >= 11 is 0. The van der Waals surface area contributed by atoms with Crippen LogP contribution in [0.1, 0.15) is 84.0 Å². The number of unbranched alkanes of at least 4 members (excludes halogenated alkanes) is 8. The fraction of sp³-hybridized carbons (Fsp3) is 0.750. The number of aliphatic hydroxyl groups is 1. The molecule has 0 rings (SSSR count). The first-order valence-corrected chi connectivity index (χ1v) is 9.30. The molecule has 0 spiro atoms. The first kappa shape index (κ1) is 21.9. The van der Waals surface area contributed by atoms with Crippen molar-refractivity contribution in [1.82, 2.24) is 0 Å². The summed E-state index contributed by atoms with van der Waals surface area (Å²) < 4.78 is 5.00. The number of hydrogen-bond acceptors (Lipinski definition) is 3. The zero-order valence-electron chi connectivity index (χ0n) is 15.0. The Morgan fingerprint density at radius 1 is 1.00 bits per heavy atom. The first-order valence-electron chi connectivity index (χ1n) is 9.30. The fourth-order valence-electron chi connectivity index (χ4n) is 2.23. The van der Waals surface area contributed by atoms with Gasteiger partial charge in [0.05, 0.1) is 6.10 Å². The molecule has 0 aromatic rings. The van der Waals surface area contributed by atoms with Gasteiger partial charge in [0.15, 0.2) is 0 Å². The Kier molecular flexibility index (Phi) is 16.4. The maximum atomic E-state index is 11.4. The Morgan fingerprint density at radius 3 is 2.22 bits per heavy atom. The standard InChI is InChI=1S/C20H36O3/c1-3-5-6-7-8-9-10-11-12-13-14-15-16-17-20(22)23-18-19(21)4-2/h3,9-10,19,21H,1,4-8,11-18H2,2H3/b10-9+. The lowest BCUT2D eigenvalue weighted by molar-refractivity contribution is -0.146. The fourth-order valence-corrected chi connectivity index (χ4v) is 2.23. The zero-order chi connectivity index (χ0) is 17.2. The van der Waals surface area contributed by atoms with Crippen LogP contribution in [-0.4, -0.2) is 23.8 Å². The molecule has 3 heteroatoms. The van der Waals surface area contributed by atoms with Gasteiger partial charge in [0.1, 0.15) is 6.61 Å². The summed E-state index contributed by atoms with van der Waals surface area (Å²) in [6.45, 7) is 5.73. The highest BCUT2D eigenvalue weighted by Gasteiger charge is 2.06. The molecule has 0 aromatic carbocycles. The van der Waals surface area contributed by atoms with Crippen molar-refractivity contribution in [3.8, 4) is 0 Å². The smallest absolute Gasteiger partial charge is 0.305 e. The van der Waals surface area contributed by atoms with Crippen LogP contribution in [0.5, 0.6) is 0 Å². The monoisotopic (exact) mass is 324 g/mol. The zero-order valence-corrected chi connectivity index (χ0v) is 15.0. The molecule has 0 saturated heterocycles. The number of esters is 1. The van der Waals surface area contributed by atoms with Gasteiger partial charge >= 0.3 is 5.97 Å². The lowest BCUT2D eigenvalue weighted by atomic mass is 10.1. The van der Waals surface area contributed by atoms with E-state index >= 15 is 0 Å². The van der Waals surface area contributed by atoms with Crippen LogP contribution in [0.25, 0.3) is 0 Å². The molecule has 1 unspecified atom stereocenters. The van der Waals surface area contributed by atoms with E-state index in [0.717, 1.165) is 19.3 Å². The highest BCUT2D eigenvalue weighted by molar-refractivity contribution is 5.69. The first-order chi connectivity index (χ1) is 11.2. The number of carbonyl (C=O) groups excluding carboxylic acids is 1. The average Bonchev–Trinajstić information content (AvgIpc) is 2.56. The SMILES string of the molecule is C=CCCCC/C=C/CCCCCCCC(=O)OCC(O)CC. The predicted octanol–water partition coefficient (Wildman–Crippen LogP) is 5.33. The maximum absolute atomic E-state index is 11.4. The normalized spacial score (nSPS) is 12.4. The second-order valence-electron chi connectivity index (χ2n) is 6.10. The van der Waals surface area contributed by atoms with Gasteiger partial charge < -0.3 is 9.84 Å². The third-order valence-corrected chi connectivity index (χ3v) is 3.86. The Balaban J connectivity index is 3.25. The molecule has 0 heterocycles. The van der Waals surface area contributed by atoms with Gasteiger partial charge in [-0.2, -0.15) is 0 Å². The largest absolute Gasteiger partial charge is 0.463 e. The van der Waals surface area contributed by atoms with Crippen molar-refractivity contribution in [2.75, 3.05) is 6.61 Å². The van der Waals surface area contributed by atoms with E-state index in [1.54, 1.807) is 0 Å². The van der Waals surface area contributed by atoms with E-state index in [0.29, 0.717) is 12.8 Å². The number of rotatable bonds is 16. The number of ether oxygens (including phenoxy) is 1. The molecule has 1 atom stereocenters. The Labute approximate surface area is 142 Å². The van der Waals surface area contributed by atoms with Crippen LogP contribution in [-0.2, 0) is 9.53 Å². The predicted molar refractivity (Wildman–Crippen MR) is 97.4 cm³/mol. The van der Waals surface area contributed by atoms with Gasteiger partial charge in [-0.1, -0.05) is 44.4 Å². The van der Waals surface area contributed by atoms with Gasteiger partial charge in [0.2, 0.25) is 0 Å². The van der Waals surface area contributed by atoms with Crippen molar-refractivity contribution in [2.24, 2.45) is 0 Å². The minimum atomic E-state index is -0.519. The molecular weight excluding hydrogens is 288 g/mol. The van der Waals surface area contributed by atoms with Gasteiger partial charge in [-0.3, -0.25) is 4.79 Å². The molecule has 0 aliphatic rings. The van der Waals surface area contributed by atoms with Gasteiger partial charge in [-0.05, 0) is 51.4 Å². The van der Waals surface area contributed by atoms with Crippen molar-refractivity contribution in [1.29, 1.82) is 0 Å². The van der Waals surface area contributed by atoms with Crippen molar-refractivity contribution < 1.29 is 14.6 Å². The number of carbonyl (C=O) groups is 1. The van der Waals surface area contributed by atoms with Crippen LogP contribution in [0.2, 0.25) is 0 Å². The molecule has 3 nitrogen and oxygen atoms in total. The molecule has 134 valence electrons. The van der Waals surface area contributed by atoms with Crippen LogP contribution >= 0.6 is 0 Å². The highest BCUT2D eigenvalue weighted by Crippen LogP contribution is 2.09. The van der Waals surface area contributed by atoms with Crippen LogP contribution in [0.4, 0.5) is 0 Å². The summed E-state index contributed by atoms with van der Waals surface area (Å²) in [5.74, 6) is -0.183. The van der Waals surface area contributed by atoms with Crippen molar-refractivity contribution in [2.45, 2.75) is 90.1 Å². The van der Waals surface area contributed by atoms with Crippen LogP contribution in [0, 0.1) is 0 Å². The summed E-state index contributed by atoms with van der Waals surface area (Å²) in [6, 6.07) is 0. The van der Waals surface area contributed by atoms with Gasteiger partial charge in [-0.25, -0.2) is 0 Å². The van der Waals surface area contributed by atoms with E-state index in [9.17, 15) is 9.90 Å². The molecule has 0 aromatic heterocycles. The summed E-state index contributed by atoms with van der Waals surface area (Å²) in [5.41, 5.74) is 0. The van der Waals surface area contributed by atoms with Gasteiger partial charge in [0.25, 0.3) is 0 Å². The van der Waals surface area contributed by atoms with Crippen molar-refractivity contribution in [3.63, 3.8) is 0 Å². The summed E-state index contributed by atoms with van der Waals surface area (Å²) in [7, 11) is 0. The third-order valence-electron chi connectivity index (χ3n) is 3.86. The van der Waals surface area contributed by atoms with E-state index in [1.807, 2.05) is 13.0 Å². The van der Waals surface area contributed by atoms with Crippen molar-refractivity contribution >= 4 is 5.97 Å². The lowest BCUT2D eigenvalue weighted by Gasteiger charge is -2.08. The van der Waals surface area contributed by atoms with E-state index in [-0.39, 0.29) is 12.6 Å². The Bertz CT molecular complexity index is 310. The van der Waals surface area contributed by atoms with Crippen LogP contribution in [0.3, 0.4) is 0 Å². The number of aliphatic hydroxyl groups excluding tert-OH is 1. The molecule has 0 saturated carbocycles. The molecule has 0 bridgehead atoms. The molecule has 1 N–H and O–H groups in total. The van der Waals surface area contributed by atoms with E-state index < -0.39 is 6.10 Å². The van der Waals surface area contributed by atoms with E-state index in [4.69, 9.17) is 4.74 Å². The second kappa shape index (κ2) is 17.3. The molecule has 0 amide bonds. The van der Waals surface area contributed by atoms with E-state index in [1.165, 1.54) is 44.9 Å². The molecule has 0 fully saturated rings. The van der Waals surface area contributed by atoms with Gasteiger partial charge in [0, 0.05) is 6.42 Å². The summed E-state index contributed by atoms with van der Waals surface area (Å²) in [6.07, 6.45) is 18.7. The molecule has 23 heavy (non-hydrogen) atoms. The third kappa shape index (κ3) is 17.1. The van der Waals surface area contributed by atoms with Gasteiger partial charge in [-0.15, -0.1) is 6.58 Å². The highest BCUT2D eigenvalue weighted by atomic mass is 16.5. The minimum Gasteiger partial charge on any atom is -0.463 e.